The molecule has 0 spiro atoms. The minimum absolute atomic E-state index is 0.205. The summed E-state index contributed by atoms with van der Waals surface area (Å²) in [6.07, 6.45) is 1.92. The highest BCUT2D eigenvalue weighted by molar-refractivity contribution is 9.10. The topological polar surface area (TPSA) is 55.6 Å². The van der Waals surface area contributed by atoms with E-state index in [1.54, 1.807) is 22.9 Å². The van der Waals surface area contributed by atoms with Crippen LogP contribution in [-0.2, 0) is 0 Å². The lowest BCUT2D eigenvalue weighted by atomic mass is 10.0. The van der Waals surface area contributed by atoms with E-state index in [4.69, 9.17) is 0 Å². The highest BCUT2D eigenvalue weighted by atomic mass is 79.9. The molecule has 1 atom stereocenters. The number of hydrogen-bond acceptors (Lipinski definition) is 4. The molecule has 2 aromatic carbocycles. The predicted molar refractivity (Wildman–Crippen MR) is 88.1 cm³/mol. The van der Waals surface area contributed by atoms with Gasteiger partial charge in [-0.05, 0) is 46.3 Å². The first-order chi connectivity index (χ1) is 11.2. The van der Waals surface area contributed by atoms with E-state index in [9.17, 15) is 4.39 Å². The van der Waals surface area contributed by atoms with E-state index >= 15 is 0 Å². The molecule has 0 fully saturated rings. The summed E-state index contributed by atoms with van der Waals surface area (Å²) in [7, 11) is 0. The number of fused-ring (bicyclic) bond motifs is 1. The first-order valence-electron chi connectivity index (χ1n) is 6.99. The molecule has 114 valence electrons. The van der Waals surface area contributed by atoms with E-state index in [-0.39, 0.29) is 11.9 Å². The van der Waals surface area contributed by atoms with E-state index in [1.165, 1.54) is 6.07 Å². The van der Waals surface area contributed by atoms with Crippen molar-refractivity contribution in [1.82, 2.24) is 20.2 Å². The average Bonchev–Trinajstić information content (AvgIpc) is 3.04. The second-order valence-corrected chi connectivity index (χ2v) is 6.04. The van der Waals surface area contributed by atoms with Gasteiger partial charge in [0.05, 0.1) is 0 Å². The Morgan fingerprint density at radius 3 is 2.65 bits per heavy atom. The van der Waals surface area contributed by atoms with Crippen LogP contribution in [0.4, 0.5) is 10.3 Å². The molecule has 3 aromatic rings. The van der Waals surface area contributed by atoms with Crippen LogP contribution >= 0.6 is 15.9 Å². The van der Waals surface area contributed by atoms with Crippen molar-refractivity contribution in [3.8, 4) is 0 Å². The molecule has 23 heavy (non-hydrogen) atoms. The van der Waals surface area contributed by atoms with Gasteiger partial charge >= 0.3 is 0 Å². The standard InChI is InChI=1S/C16H11BrFN5/c17-11-7-5-10(6-8-11)15-9-14(12-3-1-2-4-13(12)18)19-16-20-21-22-23(15)16/h1-9,15H,(H,19,20,22)/t15-/m0/s1. The lowest BCUT2D eigenvalue weighted by Crippen LogP contribution is -2.20. The molecule has 2 heterocycles. The van der Waals surface area contributed by atoms with Gasteiger partial charge in [-0.15, -0.1) is 0 Å². The van der Waals surface area contributed by atoms with Crippen LogP contribution in [-0.4, -0.2) is 20.2 Å². The Morgan fingerprint density at radius 1 is 1.09 bits per heavy atom. The van der Waals surface area contributed by atoms with Gasteiger partial charge in [0.25, 0.3) is 0 Å². The second-order valence-electron chi connectivity index (χ2n) is 5.13. The fourth-order valence-electron chi connectivity index (χ4n) is 2.59. The summed E-state index contributed by atoms with van der Waals surface area (Å²) in [6, 6.07) is 14.3. The predicted octanol–water partition coefficient (Wildman–Crippen LogP) is 3.63. The minimum atomic E-state index is -0.290. The van der Waals surface area contributed by atoms with Gasteiger partial charge in [-0.25, -0.2) is 4.39 Å². The quantitative estimate of drug-likeness (QED) is 0.747. The molecule has 0 saturated carbocycles. The van der Waals surface area contributed by atoms with Crippen LogP contribution in [0.25, 0.3) is 5.70 Å². The molecule has 0 amide bonds. The van der Waals surface area contributed by atoms with E-state index in [1.807, 2.05) is 30.3 Å². The Morgan fingerprint density at radius 2 is 1.87 bits per heavy atom. The fraction of sp³-hybridized carbons (Fsp3) is 0.0625. The van der Waals surface area contributed by atoms with Gasteiger partial charge in [0.1, 0.15) is 11.9 Å². The molecule has 0 unspecified atom stereocenters. The number of nitrogens with one attached hydrogen (secondary N) is 1. The van der Waals surface area contributed by atoms with Crippen LogP contribution in [0.15, 0.2) is 59.1 Å². The van der Waals surface area contributed by atoms with Gasteiger partial charge in [0.2, 0.25) is 5.95 Å². The van der Waals surface area contributed by atoms with Crippen molar-refractivity contribution in [3.63, 3.8) is 0 Å². The smallest absolute Gasteiger partial charge is 0.248 e. The molecule has 4 rings (SSSR count). The molecule has 5 nitrogen and oxygen atoms in total. The highest BCUT2D eigenvalue weighted by Gasteiger charge is 2.25. The Labute approximate surface area is 140 Å². The normalized spacial score (nSPS) is 16.4. The zero-order chi connectivity index (χ0) is 15.8. The van der Waals surface area contributed by atoms with E-state index in [0.29, 0.717) is 17.2 Å². The van der Waals surface area contributed by atoms with Gasteiger partial charge in [0.15, 0.2) is 0 Å². The number of halogens is 2. The summed E-state index contributed by atoms with van der Waals surface area (Å²) in [5, 5.41) is 14.8. The van der Waals surface area contributed by atoms with Gasteiger partial charge in [-0.2, -0.15) is 4.68 Å². The van der Waals surface area contributed by atoms with Gasteiger partial charge < -0.3 is 5.32 Å². The Kier molecular flexibility index (Phi) is 3.42. The number of hydrogen-bond donors (Lipinski definition) is 1. The molecule has 0 saturated heterocycles. The summed E-state index contributed by atoms with van der Waals surface area (Å²) in [6.45, 7) is 0. The van der Waals surface area contributed by atoms with Crippen molar-refractivity contribution in [3.05, 3.63) is 76.0 Å². The maximum Gasteiger partial charge on any atom is 0.248 e. The number of tetrazole rings is 1. The van der Waals surface area contributed by atoms with Crippen LogP contribution in [0.2, 0.25) is 0 Å². The summed E-state index contributed by atoms with van der Waals surface area (Å²) in [4.78, 5) is 0. The zero-order valence-electron chi connectivity index (χ0n) is 11.8. The van der Waals surface area contributed by atoms with Gasteiger partial charge in [-0.3, -0.25) is 0 Å². The van der Waals surface area contributed by atoms with Crippen molar-refractivity contribution < 1.29 is 4.39 Å². The molecule has 1 aliphatic rings. The molecular formula is C16H11BrFN5. The molecule has 1 N–H and O–H groups in total. The first kappa shape index (κ1) is 14.1. The van der Waals surface area contributed by atoms with Crippen LogP contribution < -0.4 is 5.32 Å². The van der Waals surface area contributed by atoms with Crippen molar-refractivity contribution >= 4 is 27.6 Å². The van der Waals surface area contributed by atoms with Crippen molar-refractivity contribution in [2.24, 2.45) is 0 Å². The number of anilines is 1. The van der Waals surface area contributed by atoms with Crippen LogP contribution in [0, 0.1) is 5.82 Å². The maximum absolute atomic E-state index is 14.1. The molecule has 1 aromatic heterocycles. The van der Waals surface area contributed by atoms with E-state index in [2.05, 4.69) is 36.8 Å². The fourth-order valence-corrected chi connectivity index (χ4v) is 2.85. The van der Waals surface area contributed by atoms with Crippen molar-refractivity contribution in [2.75, 3.05) is 5.32 Å². The van der Waals surface area contributed by atoms with Gasteiger partial charge in [-0.1, -0.05) is 45.3 Å². The largest absolute Gasteiger partial charge is 0.323 e. The highest BCUT2D eigenvalue weighted by Crippen LogP contribution is 2.32. The van der Waals surface area contributed by atoms with E-state index in [0.717, 1.165) is 10.0 Å². The van der Waals surface area contributed by atoms with E-state index < -0.39 is 0 Å². The first-order valence-corrected chi connectivity index (χ1v) is 7.79. The molecule has 0 bridgehead atoms. The lowest BCUT2D eigenvalue weighted by molar-refractivity contribution is 0.584. The number of allylic oxidation sites excluding steroid dienone is 1. The summed E-state index contributed by atoms with van der Waals surface area (Å²) < 4.78 is 16.8. The monoisotopic (exact) mass is 371 g/mol. The zero-order valence-corrected chi connectivity index (χ0v) is 13.4. The van der Waals surface area contributed by atoms with Crippen LogP contribution in [0.5, 0.6) is 0 Å². The summed E-state index contributed by atoms with van der Waals surface area (Å²) >= 11 is 3.43. The minimum Gasteiger partial charge on any atom is -0.323 e. The number of rotatable bonds is 2. The maximum atomic E-state index is 14.1. The third-order valence-electron chi connectivity index (χ3n) is 3.70. The Hall–Kier alpha value is -2.54. The van der Waals surface area contributed by atoms with Crippen LogP contribution in [0.1, 0.15) is 17.2 Å². The van der Waals surface area contributed by atoms with Gasteiger partial charge in [0, 0.05) is 15.7 Å². The molecular weight excluding hydrogens is 361 g/mol. The lowest BCUT2D eigenvalue weighted by Gasteiger charge is -2.23. The molecule has 1 aliphatic heterocycles. The van der Waals surface area contributed by atoms with Crippen molar-refractivity contribution in [1.29, 1.82) is 0 Å². The third kappa shape index (κ3) is 2.53. The summed E-state index contributed by atoms with van der Waals surface area (Å²) in [5.74, 6) is 0.195. The number of aromatic nitrogens is 4. The SMILES string of the molecule is Fc1ccccc1C1=C[C@@H](c2ccc(Br)cc2)n2nnnc2N1. The Balaban J connectivity index is 1.83. The summed E-state index contributed by atoms with van der Waals surface area (Å²) in [5.41, 5.74) is 2.15. The van der Waals surface area contributed by atoms with Crippen molar-refractivity contribution in [2.45, 2.75) is 6.04 Å². The molecule has 7 heteroatoms. The third-order valence-corrected chi connectivity index (χ3v) is 4.23. The second kappa shape index (κ2) is 5.58. The molecule has 0 aliphatic carbocycles. The number of benzene rings is 2. The Bertz CT molecular complexity index is 887. The average molecular weight is 372 g/mol. The number of nitrogens with zero attached hydrogens (tertiary/aromatic N) is 4. The molecule has 0 radical (unpaired) electrons. The van der Waals surface area contributed by atoms with Crippen LogP contribution in [0.3, 0.4) is 0 Å².